The van der Waals surface area contributed by atoms with Gasteiger partial charge in [-0.15, -0.1) is 0 Å². The minimum atomic E-state index is -1.17. The number of benzene rings is 2. The maximum atomic E-state index is 13.5. The molecule has 0 fully saturated rings. The SMILES string of the molecule is [2H]C(C)(C)N(Cc1cc(Br)ccc1OCCCCCC(=O)O)C(=O)c1ccc(-c2ccco2)cc1. The molecule has 0 unspecified atom stereocenters. The molecule has 3 rings (SSSR count). The molecule has 1 N–H and O–H groups in total. The van der Waals surface area contributed by atoms with E-state index in [0.29, 0.717) is 24.3 Å². The topological polar surface area (TPSA) is 80.0 Å². The van der Waals surface area contributed by atoms with Crippen molar-refractivity contribution < 1.29 is 25.2 Å². The van der Waals surface area contributed by atoms with Crippen LogP contribution < -0.4 is 4.74 Å². The van der Waals surface area contributed by atoms with Crippen molar-refractivity contribution in [3.05, 3.63) is 76.5 Å². The first-order chi connectivity index (χ1) is 16.6. The number of carbonyl (C=O) groups excluding carboxylic acids is 1. The summed E-state index contributed by atoms with van der Waals surface area (Å²) in [6.45, 7) is 4.01. The van der Waals surface area contributed by atoms with Gasteiger partial charge in [0.25, 0.3) is 5.91 Å². The molecule has 0 saturated heterocycles. The van der Waals surface area contributed by atoms with Crippen LogP contribution in [0.1, 0.15) is 56.8 Å². The number of amides is 1. The molecular weight excluding hydrogens is 498 g/mol. The number of ether oxygens (including phenoxy) is 1. The zero-order valence-corrected chi connectivity index (χ0v) is 21.0. The Bertz CT molecular complexity index is 1120. The van der Waals surface area contributed by atoms with Gasteiger partial charge in [0.2, 0.25) is 0 Å². The van der Waals surface area contributed by atoms with Crippen LogP contribution >= 0.6 is 15.9 Å². The first kappa shape index (κ1) is 24.1. The number of unbranched alkanes of at least 4 members (excludes halogenated alkanes) is 2. The van der Waals surface area contributed by atoms with Crippen LogP contribution in [0, 0.1) is 0 Å². The molecule has 7 heteroatoms. The fraction of sp³-hybridized carbons (Fsp3) is 0.333. The van der Waals surface area contributed by atoms with Gasteiger partial charge in [0.1, 0.15) is 11.5 Å². The van der Waals surface area contributed by atoms with E-state index in [0.717, 1.165) is 34.2 Å². The summed E-state index contributed by atoms with van der Waals surface area (Å²) in [6, 6.07) is 15.3. The van der Waals surface area contributed by atoms with Crippen LogP contribution in [-0.2, 0) is 11.3 Å². The third-order valence-corrected chi connectivity index (χ3v) is 5.86. The molecular formula is C27H30BrNO5. The molecule has 0 aliphatic rings. The molecule has 0 spiro atoms. The van der Waals surface area contributed by atoms with Crippen LogP contribution in [0.5, 0.6) is 5.75 Å². The average Bonchev–Trinajstić information content (AvgIpc) is 3.34. The number of rotatable bonds is 12. The summed E-state index contributed by atoms with van der Waals surface area (Å²) in [5.74, 6) is 0.317. The molecule has 0 bridgehead atoms. The second-order valence-electron chi connectivity index (χ2n) is 8.20. The van der Waals surface area contributed by atoms with E-state index in [-0.39, 0.29) is 18.9 Å². The van der Waals surface area contributed by atoms with Crippen LogP contribution in [0.3, 0.4) is 0 Å². The Morgan fingerprint density at radius 2 is 1.88 bits per heavy atom. The zero-order valence-electron chi connectivity index (χ0n) is 20.4. The van der Waals surface area contributed by atoms with E-state index in [1.54, 1.807) is 32.2 Å². The van der Waals surface area contributed by atoms with E-state index in [1.807, 2.05) is 42.5 Å². The van der Waals surface area contributed by atoms with Gasteiger partial charge in [-0.1, -0.05) is 28.1 Å². The van der Waals surface area contributed by atoms with Crippen LogP contribution in [0.4, 0.5) is 0 Å². The molecule has 0 radical (unpaired) electrons. The van der Waals surface area contributed by atoms with Crippen molar-refractivity contribution in [2.45, 2.75) is 52.1 Å². The van der Waals surface area contributed by atoms with Crippen molar-refractivity contribution in [3.63, 3.8) is 0 Å². The van der Waals surface area contributed by atoms with Crippen molar-refractivity contribution in [3.8, 4) is 17.1 Å². The number of hydrogen-bond donors (Lipinski definition) is 1. The standard InChI is InChI=1S/C27H30BrNO5/c1-19(2)29(27(32)21-11-9-20(10-12-21)24-7-6-16-34-24)18-22-17-23(28)13-14-25(22)33-15-5-3-4-8-26(30)31/h6-7,9-14,16-17,19H,3-5,8,15,18H2,1-2H3,(H,30,31)/i19D. The Labute approximate surface area is 210 Å². The molecule has 0 aliphatic heterocycles. The number of nitrogens with zero attached hydrogens (tertiary/aromatic N) is 1. The molecule has 3 aromatic rings. The highest BCUT2D eigenvalue weighted by Gasteiger charge is 2.21. The quantitative estimate of drug-likeness (QED) is 0.262. The number of hydrogen-bond acceptors (Lipinski definition) is 4. The van der Waals surface area contributed by atoms with Crippen molar-refractivity contribution in [1.29, 1.82) is 0 Å². The van der Waals surface area contributed by atoms with Crippen molar-refractivity contribution in [1.82, 2.24) is 4.90 Å². The number of aliphatic carboxylic acids is 1. The Kier molecular flexibility index (Phi) is 8.79. The van der Waals surface area contributed by atoms with Gasteiger partial charge in [-0.3, -0.25) is 9.59 Å². The summed E-state index contributed by atoms with van der Waals surface area (Å²) in [5.41, 5.74) is 2.14. The lowest BCUT2D eigenvalue weighted by Gasteiger charge is -2.28. The number of carboxylic acids is 1. The van der Waals surface area contributed by atoms with Crippen LogP contribution in [0.2, 0.25) is 0 Å². The number of furan rings is 1. The molecule has 34 heavy (non-hydrogen) atoms. The summed E-state index contributed by atoms with van der Waals surface area (Å²) in [6.07, 6.45) is 3.86. The number of halogens is 1. The maximum Gasteiger partial charge on any atom is 0.303 e. The fourth-order valence-electron chi connectivity index (χ4n) is 3.53. The highest BCUT2D eigenvalue weighted by molar-refractivity contribution is 9.10. The lowest BCUT2D eigenvalue weighted by atomic mass is 10.1. The smallest absolute Gasteiger partial charge is 0.303 e. The van der Waals surface area contributed by atoms with Gasteiger partial charge in [-0.2, -0.15) is 0 Å². The second kappa shape index (κ2) is 12.4. The summed E-state index contributed by atoms with van der Waals surface area (Å²) < 4.78 is 20.9. The van der Waals surface area contributed by atoms with E-state index in [4.69, 9.17) is 15.6 Å². The largest absolute Gasteiger partial charge is 0.493 e. The van der Waals surface area contributed by atoms with Crippen LogP contribution in [0.15, 0.2) is 69.8 Å². The van der Waals surface area contributed by atoms with Crippen LogP contribution in [0.25, 0.3) is 11.3 Å². The Morgan fingerprint density at radius 3 is 2.53 bits per heavy atom. The third-order valence-electron chi connectivity index (χ3n) is 5.37. The number of carboxylic acid groups (broad SMARTS) is 1. The highest BCUT2D eigenvalue weighted by atomic mass is 79.9. The third kappa shape index (κ3) is 7.22. The Morgan fingerprint density at radius 1 is 1.12 bits per heavy atom. The first-order valence-electron chi connectivity index (χ1n) is 11.7. The summed E-state index contributed by atoms with van der Waals surface area (Å²) in [7, 11) is 0. The van der Waals surface area contributed by atoms with Gasteiger partial charge in [0, 0.05) is 40.1 Å². The first-order valence-corrected chi connectivity index (χ1v) is 12.0. The minimum absolute atomic E-state index is 0.154. The lowest BCUT2D eigenvalue weighted by molar-refractivity contribution is -0.137. The van der Waals surface area contributed by atoms with Gasteiger partial charge < -0.3 is 19.2 Å². The van der Waals surface area contributed by atoms with Gasteiger partial charge in [0.15, 0.2) is 0 Å². The summed E-state index contributed by atoms with van der Waals surface area (Å²) >= 11 is 3.49. The van der Waals surface area contributed by atoms with Crippen molar-refractivity contribution in [2.24, 2.45) is 0 Å². The van der Waals surface area contributed by atoms with E-state index < -0.39 is 12.0 Å². The Hall–Kier alpha value is -3.06. The van der Waals surface area contributed by atoms with Gasteiger partial charge in [-0.05, 0) is 75.6 Å². The second-order valence-corrected chi connectivity index (χ2v) is 9.11. The van der Waals surface area contributed by atoms with E-state index >= 15 is 0 Å². The van der Waals surface area contributed by atoms with Gasteiger partial charge in [0.05, 0.1) is 14.2 Å². The molecule has 1 heterocycles. The summed E-state index contributed by atoms with van der Waals surface area (Å²) in [5, 5.41) is 8.76. The van der Waals surface area contributed by atoms with E-state index in [2.05, 4.69) is 15.9 Å². The maximum absolute atomic E-state index is 13.5. The molecule has 0 saturated carbocycles. The average molecular weight is 529 g/mol. The molecule has 6 nitrogen and oxygen atoms in total. The molecule has 1 aromatic heterocycles. The number of carbonyl (C=O) groups is 2. The molecule has 2 aromatic carbocycles. The van der Waals surface area contributed by atoms with Gasteiger partial charge in [-0.25, -0.2) is 0 Å². The van der Waals surface area contributed by atoms with E-state index in [1.165, 1.54) is 4.90 Å². The highest BCUT2D eigenvalue weighted by Crippen LogP contribution is 2.27. The van der Waals surface area contributed by atoms with Crippen molar-refractivity contribution >= 4 is 27.8 Å². The monoisotopic (exact) mass is 528 g/mol. The van der Waals surface area contributed by atoms with E-state index in [9.17, 15) is 9.59 Å². The predicted octanol–water partition coefficient (Wildman–Crippen LogP) is 6.78. The molecule has 0 atom stereocenters. The molecule has 180 valence electrons. The lowest BCUT2D eigenvalue weighted by Crippen LogP contribution is -2.36. The fourth-order valence-corrected chi connectivity index (χ4v) is 3.94. The zero-order chi connectivity index (χ0) is 25.4. The molecule has 0 aliphatic carbocycles. The Balaban J connectivity index is 1.74. The summed E-state index contributed by atoms with van der Waals surface area (Å²) in [4.78, 5) is 25.6. The minimum Gasteiger partial charge on any atom is -0.493 e. The molecule has 1 amide bonds. The predicted molar refractivity (Wildman–Crippen MR) is 135 cm³/mol. The van der Waals surface area contributed by atoms with Crippen molar-refractivity contribution in [2.75, 3.05) is 6.61 Å². The van der Waals surface area contributed by atoms with Crippen LogP contribution in [-0.4, -0.2) is 34.5 Å². The van der Waals surface area contributed by atoms with Gasteiger partial charge >= 0.3 is 5.97 Å². The normalized spacial score (nSPS) is 11.7.